The van der Waals surface area contributed by atoms with Crippen LogP contribution >= 0.6 is 0 Å². The fourth-order valence-corrected chi connectivity index (χ4v) is 3.64. The van der Waals surface area contributed by atoms with E-state index in [0.29, 0.717) is 16.7 Å². The van der Waals surface area contributed by atoms with Crippen LogP contribution in [0.5, 0.6) is 0 Å². The van der Waals surface area contributed by atoms with E-state index in [1.807, 2.05) is 63.2 Å². The van der Waals surface area contributed by atoms with Gasteiger partial charge in [-0.05, 0) is 49.6 Å². The minimum absolute atomic E-state index is 0.127. The lowest BCUT2D eigenvalue weighted by atomic mass is 10.0. The van der Waals surface area contributed by atoms with Crippen LogP contribution in [0, 0.1) is 26.6 Å². The lowest BCUT2D eigenvalue weighted by Crippen LogP contribution is -2.32. The van der Waals surface area contributed by atoms with Gasteiger partial charge in [-0.25, -0.2) is 4.39 Å². The lowest BCUT2D eigenvalue weighted by Gasteiger charge is -2.16. The Balaban J connectivity index is 1.78. The number of imide groups is 1. The summed E-state index contributed by atoms with van der Waals surface area (Å²) in [5.74, 6) is -1.36. The number of hydrogen-bond acceptors (Lipinski definition) is 3. The van der Waals surface area contributed by atoms with Crippen molar-refractivity contribution >= 4 is 23.1 Å². The standard InChI is InChI=1S/C26H23FN2O2/c1-16-11-13-19(14-12-16)23-24(28-22-10-6-7-17(2)18(22)3)26(31)29(25(23)30)15-20-8-4-5-9-21(20)27/h4-14,28H,15H2,1-3H3. The molecule has 3 aromatic carbocycles. The largest absolute Gasteiger partial charge is 0.350 e. The number of amides is 2. The molecule has 0 spiro atoms. The van der Waals surface area contributed by atoms with Crippen molar-refractivity contribution in [3.05, 3.63) is 106 Å². The van der Waals surface area contributed by atoms with Crippen molar-refractivity contribution in [3.63, 3.8) is 0 Å². The number of carbonyl (C=O) groups excluding carboxylic acids is 2. The van der Waals surface area contributed by atoms with Crippen molar-refractivity contribution < 1.29 is 14.0 Å². The Morgan fingerprint density at radius 2 is 1.55 bits per heavy atom. The second-order valence-electron chi connectivity index (χ2n) is 7.78. The highest BCUT2D eigenvalue weighted by Crippen LogP contribution is 2.33. The van der Waals surface area contributed by atoms with E-state index in [1.54, 1.807) is 18.2 Å². The van der Waals surface area contributed by atoms with E-state index >= 15 is 0 Å². The summed E-state index contributed by atoms with van der Waals surface area (Å²) in [5, 5.41) is 3.20. The van der Waals surface area contributed by atoms with Gasteiger partial charge >= 0.3 is 0 Å². The molecule has 0 fully saturated rings. The molecule has 5 heteroatoms. The SMILES string of the molecule is Cc1ccc(C2=C(Nc3cccc(C)c3C)C(=O)N(Cc3ccccc3F)C2=O)cc1. The Morgan fingerprint density at radius 1 is 0.839 bits per heavy atom. The summed E-state index contributed by atoms with van der Waals surface area (Å²) in [4.78, 5) is 27.8. The molecular weight excluding hydrogens is 391 g/mol. The summed E-state index contributed by atoms with van der Waals surface area (Å²) in [5.41, 5.74) is 5.31. The molecule has 4 rings (SSSR count). The number of nitrogens with one attached hydrogen (secondary N) is 1. The minimum atomic E-state index is -0.468. The third-order valence-electron chi connectivity index (χ3n) is 5.66. The Morgan fingerprint density at radius 3 is 2.26 bits per heavy atom. The number of nitrogens with zero attached hydrogens (tertiary/aromatic N) is 1. The lowest BCUT2D eigenvalue weighted by molar-refractivity contribution is -0.137. The van der Waals surface area contributed by atoms with Gasteiger partial charge < -0.3 is 5.32 Å². The molecule has 0 aromatic heterocycles. The van der Waals surface area contributed by atoms with Crippen LogP contribution in [0.25, 0.3) is 5.57 Å². The normalized spacial score (nSPS) is 13.9. The summed E-state index contributed by atoms with van der Waals surface area (Å²) < 4.78 is 14.2. The molecule has 1 aliphatic heterocycles. The van der Waals surface area contributed by atoms with Gasteiger partial charge in [0.1, 0.15) is 11.5 Å². The Labute approximate surface area is 181 Å². The Kier molecular flexibility index (Phi) is 5.42. The fraction of sp³-hybridized carbons (Fsp3) is 0.154. The van der Waals surface area contributed by atoms with Crippen LogP contribution in [0.4, 0.5) is 10.1 Å². The van der Waals surface area contributed by atoms with Crippen molar-refractivity contribution in [2.45, 2.75) is 27.3 Å². The topological polar surface area (TPSA) is 49.4 Å². The van der Waals surface area contributed by atoms with Crippen LogP contribution in [-0.2, 0) is 16.1 Å². The molecule has 0 aliphatic carbocycles. The number of hydrogen-bond donors (Lipinski definition) is 1. The Bertz CT molecular complexity index is 1210. The third-order valence-corrected chi connectivity index (χ3v) is 5.66. The van der Waals surface area contributed by atoms with Crippen molar-refractivity contribution in [1.29, 1.82) is 0 Å². The highest BCUT2D eigenvalue weighted by atomic mass is 19.1. The molecule has 0 radical (unpaired) electrons. The van der Waals surface area contributed by atoms with E-state index in [-0.39, 0.29) is 12.2 Å². The van der Waals surface area contributed by atoms with Gasteiger partial charge in [0.05, 0.1) is 12.1 Å². The molecule has 1 heterocycles. The monoisotopic (exact) mass is 414 g/mol. The number of anilines is 1. The predicted octanol–water partition coefficient (Wildman–Crippen LogP) is 5.14. The van der Waals surface area contributed by atoms with Gasteiger partial charge in [0.15, 0.2) is 0 Å². The maximum Gasteiger partial charge on any atom is 0.278 e. The van der Waals surface area contributed by atoms with E-state index in [1.165, 1.54) is 6.07 Å². The van der Waals surface area contributed by atoms with Gasteiger partial charge in [0, 0.05) is 11.3 Å². The average Bonchev–Trinajstić information content (AvgIpc) is 2.98. The summed E-state index contributed by atoms with van der Waals surface area (Å²) in [6.45, 7) is 5.78. The molecule has 0 bridgehead atoms. The zero-order valence-electron chi connectivity index (χ0n) is 17.7. The van der Waals surface area contributed by atoms with Gasteiger partial charge in [-0.15, -0.1) is 0 Å². The number of carbonyl (C=O) groups is 2. The molecule has 0 unspecified atom stereocenters. The number of benzene rings is 3. The molecule has 1 aliphatic rings. The first-order valence-corrected chi connectivity index (χ1v) is 10.1. The van der Waals surface area contributed by atoms with E-state index in [4.69, 9.17) is 0 Å². The number of aryl methyl sites for hydroxylation is 2. The molecule has 4 nitrogen and oxygen atoms in total. The second kappa shape index (κ2) is 8.19. The summed E-state index contributed by atoms with van der Waals surface area (Å²) in [6.07, 6.45) is 0. The molecule has 2 amide bonds. The number of rotatable bonds is 5. The van der Waals surface area contributed by atoms with Crippen LogP contribution in [-0.4, -0.2) is 16.7 Å². The number of halogens is 1. The minimum Gasteiger partial charge on any atom is -0.350 e. The molecule has 0 saturated carbocycles. The van der Waals surface area contributed by atoms with Crippen LogP contribution in [0.15, 0.2) is 72.4 Å². The van der Waals surface area contributed by atoms with Crippen LogP contribution in [0.1, 0.15) is 27.8 Å². The zero-order chi connectivity index (χ0) is 22.1. The van der Waals surface area contributed by atoms with E-state index in [0.717, 1.165) is 27.3 Å². The van der Waals surface area contributed by atoms with Crippen molar-refractivity contribution in [2.75, 3.05) is 5.32 Å². The summed E-state index contributed by atoms with van der Waals surface area (Å²) in [7, 11) is 0. The second-order valence-corrected chi connectivity index (χ2v) is 7.78. The average molecular weight is 414 g/mol. The summed E-state index contributed by atoms with van der Waals surface area (Å²) in [6, 6.07) is 19.4. The molecule has 31 heavy (non-hydrogen) atoms. The molecule has 1 N–H and O–H groups in total. The quantitative estimate of drug-likeness (QED) is 0.588. The van der Waals surface area contributed by atoms with Gasteiger partial charge in [-0.2, -0.15) is 0 Å². The van der Waals surface area contributed by atoms with Gasteiger partial charge in [-0.3, -0.25) is 14.5 Å². The first-order valence-electron chi connectivity index (χ1n) is 10.1. The maximum absolute atomic E-state index is 14.2. The van der Waals surface area contributed by atoms with Gasteiger partial charge in [-0.1, -0.05) is 60.2 Å². The maximum atomic E-state index is 14.2. The smallest absolute Gasteiger partial charge is 0.278 e. The predicted molar refractivity (Wildman–Crippen MR) is 120 cm³/mol. The summed E-state index contributed by atoms with van der Waals surface area (Å²) >= 11 is 0. The van der Waals surface area contributed by atoms with E-state index < -0.39 is 17.6 Å². The molecule has 0 atom stereocenters. The third kappa shape index (κ3) is 3.87. The van der Waals surface area contributed by atoms with Crippen LogP contribution in [0.2, 0.25) is 0 Å². The van der Waals surface area contributed by atoms with Crippen molar-refractivity contribution in [2.24, 2.45) is 0 Å². The zero-order valence-corrected chi connectivity index (χ0v) is 17.7. The van der Waals surface area contributed by atoms with Gasteiger partial charge in [0.2, 0.25) is 0 Å². The highest BCUT2D eigenvalue weighted by molar-refractivity contribution is 6.36. The van der Waals surface area contributed by atoms with Gasteiger partial charge in [0.25, 0.3) is 11.8 Å². The van der Waals surface area contributed by atoms with E-state index in [2.05, 4.69) is 5.32 Å². The molecule has 0 saturated heterocycles. The first-order chi connectivity index (χ1) is 14.9. The Hall–Kier alpha value is -3.73. The van der Waals surface area contributed by atoms with E-state index in [9.17, 15) is 14.0 Å². The van der Waals surface area contributed by atoms with Crippen molar-refractivity contribution in [1.82, 2.24) is 4.90 Å². The van der Waals surface area contributed by atoms with Crippen LogP contribution in [0.3, 0.4) is 0 Å². The fourth-order valence-electron chi connectivity index (χ4n) is 3.64. The van der Waals surface area contributed by atoms with Crippen molar-refractivity contribution in [3.8, 4) is 0 Å². The van der Waals surface area contributed by atoms with Crippen LogP contribution < -0.4 is 5.32 Å². The molecular formula is C26H23FN2O2. The first kappa shape index (κ1) is 20.5. The highest BCUT2D eigenvalue weighted by Gasteiger charge is 2.39. The molecule has 156 valence electrons. The molecule has 3 aromatic rings.